The SMILES string of the molecule is C/C(=C\COc1ccccc1)COC(C)(C)C. The van der Waals surface area contributed by atoms with Crippen molar-refractivity contribution in [3.05, 3.63) is 42.0 Å². The van der Waals surface area contributed by atoms with Crippen LogP contribution >= 0.6 is 0 Å². The summed E-state index contributed by atoms with van der Waals surface area (Å²) < 4.78 is 11.2. The largest absolute Gasteiger partial charge is 0.490 e. The first kappa shape index (κ1) is 13.8. The van der Waals surface area contributed by atoms with Gasteiger partial charge in [0, 0.05) is 0 Å². The second-order valence-corrected chi connectivity index (χ2v) is 5.08. The molecule has 0 bridgehead atoms. The van der Waals surface area contributed by atoms with E-state index in [1.54, 1.807) is 0 Å². The maximum absolute atomic E-state index is 5.67. The molecule has 0 heterocycles. The van der Waals surface area contributed by atoms with Gasteiger partial charge in [-0.2, -0.15) is 0 Å². The van der Waals surface area contributed by atoms with Crippen LogP contribution in [0.15, 0.2) is 42.0 Å². The van der Waals surface area contributed by atoms with Crippen molar-refractivity contribution in [2.24, 2.45) is 0 Å². The molecule has 0 atom stereocenters. The van der Waals surface area contributed by atoms with Crippen LogP contribution in [0, 0.1) is 0 Å². The van der Waals surface area contributed by atoms with E-state index in [1.807, 2.05) is 30.3 Å². The number of para-hydroxylation sites is 1. The number of benzene rings is 1. The lowest BCUT2D eigenvalue weighted by atomic mass is 10.2. The summed E-state index contributed by atoms with van der Waals surface area (Å²) in [6.45, 7) is 9.47. The van der Waals surface area contributed by atoms with Gasteiger partial charge >= 0.3 is 0 Å². The smallest absolute Gasteiger partial charge is 0.119 e. The molecule has 0 spiro atoms. The molecule has 0 aliphatic carbocycles. The molecule has 0 aliphatic heterocycles. The standard InChI is InChI=1S/C15H22O2/c1-13(12-17-15(2,3)4)10-11-16-14-8-6-5-7-9-14/h5-10H,11-12H2,1-4H3/b13-10+. The first-order valence-electron chi connectivity index (χ1n) is 5.95. The molecule has 1 aromatic carbocycles. The summed E-state index contributed by atoms with van der Waals surface area (Å²) in [6.07, 6.45) is 2.05. The predicted octanol–water partition coefficient (Wildman–Crippen LogP) is 3.83. The van der Waals surface area contributed by atoms with E-state index in [4.69, 9.17) is 9.47 Å². The molecule has 17 heavy (non-hydrogen) atoms. The van der Waals surface area contributed by atoms with Gasteiger partial charge < -0.3 is 9.47 Å². The Bertz CT molecular complexity index is 347. The van der Waals surface area contributed by atoms with E-state index in [1.165, 1.54) is 5.57 Å². The number of hydrogen-bond acceptors (Lipinski definition) is 2. The molecule has 0 saturated heterocycles. The van der Waals surface area contributed by atoms with E-state index in [2.05, 4.69) is 33.8 Å². The average Bonchev–Trinajstić information content (AvgIpc) is 2.27. The Morgan fingerprint density at radius 2 is 1.82 bits per heavy atom. The molecule has 94 valence electrons. The summed E-state index contributed by atoms with van der Waals surface area (Å²) in [5.74, 6) is 0.897. The van der Waals surface area contributed by atoms with Crippen molar-refractivity contribution in [1.29, 1.82) is 0 Å². The van der Waals surface area contributed by atoms with Gasteiger partial charge in [0.05, 0.1) is 12.2 Å². The summed E-state index contributed by atoms with van der Waals surface area (Å²) in [5, 5.41) is 0. The fourth-order valence-electron chi connectivity index (χ4n) is 1.19. The minimum atomic E-state index is -0.0879. The van der Waals surface area contributed by atoms with Crippen LogP contribution in [0.2, 0.25) is 0 Å². The Hall–Kier alpha value is -1.28. The van der Waals surface area contributed by atoms with Gasteiger partial charge in [0.2, 0.25) is 0 Å². The molecule has 0 aromatic heterocycles. The van der Waals surface area contributed by atoms with Crippen molar-refractivity contribution >= 4 is 0 Å². The van der Waals surface area contributed by atoms with Gasteiger partial charge in [0.1, 0.15) is 12.4 Å². The Kier molecular flexibility index (Phi) is 5.23. The predicted molar refractivity (Wildman–Crippen MR) is 71.4 cm³/mol. The Labute approximate surface area is 104 Å². The highest BCUT2D eigenvalue weighted by Gasteiger charge is 2.09. The van der Waals surface area contributed by atoms with Crippen molar-refractivity contribution in [1.82, 2.24) is 0 Å². The fourth-order valence-corrected chi connectivity index (χ4v) is 1.19. The van der Waals surface area contributed by atoms with Crippen molar-refractivity contribution < 1.29 is 9.47 Å². The van der Waals surface area contributed by atoms with Crippen LogP contribution in [-0.2, 0) is 4.74 Å². The third-order valence-corrected chi connectivity index (χ3v) is 2.16. The average molecular weight is 234 g/mol. The topological polar surface area (TPSA) is 18.5 Å². The normalized spacial score (nSPS) is 12.6. The summed E-state index contributed by atoms with van der Waals surface area (Å²) >= 11 is 0. The minimum Gasteiger partial charge on any atom is -0.490 e. The van der Waals surface area contributed by atoms with E-state index in [9.17, 15) is 0 Å². The molecule has 0 amide bonds. The lowest BCUT2D eigenvalue weighted by Gasteiger charge is -2.19. The highest BCUT2D eigenvalue weighted by molar-refractivity contribution is 5.21. The molecular formula is C15H22O2. The molecule has 0 fully saturated rings. The van der Waals surface area contributed by atoms with E-state index in [0.29, 0.717) is 13.2 Å². The van der Waals surface area contributed by atoms with E-state index in [-0.39, 0.29) is 5.60 Å². The first-order valence-corrected chi connectivity index (χ1v) is 5.95. The van der Waals surface area contributed by atoms with Crippen LogP contribution in [0.1, 0.15) is 27.7 Å². The van der Waals surface area contributed by atoms with Gasteiger partial charge in [0.25, 0.3) is 0 Å². The summed E-state index contributed by atoms with van der Waals surface area (Å²) in [7, 11) is 0. The van der Waals surface area contributed by atoms with Crippen LogP contribution in [0.4, 0.5) is 0 Å². The molecule has 1 rings (SSSR count). The lowest BCUT2D eigenvalue weighted by Crippen LogP contribution is -2.20. The Morgan fingerprint density at radius 1 is 1.18 bits per heavy atom. The zero-order valence-electron chi connectivity index (χ0n) is 11.2. The molecule has 2 nitrogen and oxygen atoms in total. The molecule has 2 heteroatoms. The van der Waals surface area contributed by atoms with Gasteiger partial charge in [-0.25, -0.2) is 0 Å². The van der Waals surface area contributed by atoms with Crippen molar-refractivity contribution in [2.45, 2.75) is 33.3 Å². The molecule has 0 saturated carbocycles. The molecule has 0 N–H and O–H groups in total. The third kappa shape index (κ3) is 6.80. The second kappa shape index (κ2) is 6.45. The zero-order valence-corrected chi connectivity index (χ0v) is 11.2. The fraction of sp³-hybridized carbons (Fsp3) is 0.467. The molecule has 1 aromatic rings. The summed E-state index contributed by atoms with van der Waals surface area (Å²) in [5.41, 5.74) is 1.10. The maximum Gasteiger partial charge on any atom is 0.119 e. The van der Waals surface area contributed by atoms with Crippen molar-refractivity contribution in [2.75, 3.05) is 13.2 Å². The quantitative estimate of drug-likeness (QED) is 0.721. The van der Waals surface area contributed by atoms with Crippen LogP contribution in [-0.4, -0.2) is 18.8 Å². The Balaban J connectivity index is 2.29. The van der Waals surface area contributed by atoms with E-state index >= 15 is 0 Å². The number of hydrogen-bond donors (Lipinski definition) is 0. The van der Waals surface area contributed by atoms with Crippen LogP contribution < -0.4 is 4.74 Å². The van der Waals surface area contributed by atoms with Crippen LogP contribution in [0.25, 0.3) is 0 Å². The van der Waals surface area contributed by atoms with Gasteiger partial charge in [-0.05, 0) is 51.5 Å². The van der Waals surface area contributed by atoms with Crippen LogP contribution in [0.5, 0.6) is 5.75 Å². The third-order valence-electron chi connectivity index (χ3n) is 2.16. The monoisotopic (exact) mass is 234 g/mol. The van der Waals surface area contributed by atoms with E-state index < -0.39 is 0 Å². The summed E-state index contributed by atoms with van der Waals surface area (Å²) in [4.78, 5) is 0. The van der Waals surface area contributed by atoms with Crippen molar-refractivity contribution in [3.8, 4) is 5.75 Å². The van der Waals surface area contributed by atoms with Gasteiger partial charge in [0.15, 0.2) is 0 Å². The van der Waals surface area contributed by atoms with Crippen molar-refractivity contribution in [3.63, 3.8) is 0 Å². The molecule has 0 unspecified atom stereocenters. The molecule has 0 aliphatic rings. The second-order valence-electron chi connectivity index (χ2n) is 5.08. The van der Waals surface area contributed by atoms with Gasteiger partial charge in [-0.3, -0.25) is 0 Å². The number of ether oxygens (including phenoxy) is 2. The molecule has 0 radical (unpaired) electrons. The molecular weight excluding hydrogens is 212 g/mol. The van der Waals surface area contributed by atoms with Crippen LogP contribution in [0.3, 0.4) is 0 Å². The Morgan fingerprint density at radius 3 is 2.41 bits per heavy atom. The maximum atomic E-state index is 5.67. The lowest BCUT2D eigenvalue weighted by molar-refractivity contribution is 0.0110. The van der Waals surface area contributed by atoms with Gasteiger partial charge in [-0.15, -0.1) is 0 Å². The highest BCUT2D eigenvalue weighted by Crippen LogP contribution is 2.10. The zero-order chi connectivity index (χ0) is 12.7. The first-order chi connectivity index (χ1) is 7.97. The number of rotatable bonds is 5. The van der Waals surface area contributed by atoms with Gasteiger partial charge in [-0.1, -0.05) is 18.2 Å². The van der Waals surface area contributed by atoms with E-state index in [0.717, 1.165) is 5.75 Å². The highest BCUT2D eigenvalue weighted by atomic mass is 16.5. The minimum absolute atomic E-state index is 0.0879. The summed E-state index contributed by atoms with van der Waals surface area (Å²) in [6, 6.07) is 9.82.